The van der Waals surface area contributed by atoms with Gasteiger partial charge < -0.3 is 13.9 Å². The largest absolute Gasteiger partial charge is 0.474 e. The Labute approximate surface area is 172 Å². The molecule has 1 aliphatic rings. The molecule has 0 radical (unpaired) electrons. The van der Waals surface area contributed by atoms with Crippen molar-refractivity contribution in [2.45, 2.75) is 58.1 Å². The molecular formula is C21H24F3N5O. The lowest BCUT2D eigenvalue weighted by Crippen LogP contribution is -2.31. The van der Waals surface area contributed by atoms with Crippen molar-refractivity contribution in [2.75, 3.05) is 0 Å². The van der Waals surface area contributed by atoms with Gasteiger partial charge in [-0.25, -0.2) is 18.2 Å². The second kappa shape index (κ2) is 7.45. The average molecular weight is 419 g/mol. The zero-order valence-corrected chi connectivity index (χ0v) is 17.4. The smallest absolute Gasteiger partial charge is 0.192 e. The van der Waals surface area contributed by atoms with Crippen LogP contribution in [0.1, 0.15) is 56.1 Å². The molecule has 9 heteroatoms. The van der Waals surface area contributed by atoms with Crippen LogP contribution in [-0.2, 0) is 32.0 Å². The van der Waals surface area contributed by atoms with Gasteiger partial charge in [-0.2, -0.15) is 0 Å². The molecule has 1 atom stereocenters. The summed E-state index contributed by atoms with van der Waals surface area (Å²) in [5, 5.41) is 8.72. The van der Waals surface area contributed by atoms with Crippen molar-refractivity contribution in [3.8, 4) is 5.75 Å². The number of nitrogens with zero attached hydrogens (tertiary/aromatic N) is 5. The van der Waals surface area contributed by atoms with E-state index in [4.69, 9.17) is 4.74 Å². The van der Waals surface area contributed by atoms with E-state index >= 15 is 0 Å². The molecule has 0 N–H and O–H groups in total. The highest BCUT2D eigenvalue weighted by Crippen LogP contribution is 2.35. The molecule has 0 spiro atoms. The van der Waals surface area contributed by atoms with Gasteiger partial charge in [-0.05, 0) is 33.6 Å². The highest BCUT2D eigenvalue weighted by Gasteiger charge is 2.35. The van der Waals surface area contributed by atoms with Crippen LogP contribution in [0.2, 0.25) is 0 Å². The summed E-state index contributed by atoms with van der Waals surface area (Å²) in [5.41, 5.74) is 1.11. The number of ether oxygens (including phenoxy) is 1. The monoisotopic (exact) mass is 419 g/mol. The number of rotatable bonds is 5. The SMILES string of the molecule is CCn1c(C2CCc3c(ncn3C)C2)nnc1C(C)(C)Oc1c(F)cc(F)cc1F. The van der Waals surface area contributed by atoms with Gasteiger partial charge in [0.1, 0.15) is 11.6 Å². The van der Waals surface area contributed by atoms with E-state index in [0.717, 1.165) is 30.8 Å². The summed E-state index contributed by atoms with van der Waals surface area (Å²) in [6.07, 6.45) is 4.39. The number of imidazole rings is 1. The Morgan fingerprint density at radius 1 is 1.17 bits per heavy atom. The third-order valence-electron chi connectivity index (χ3n) is 5.63. The fourth-order valence-electron chi connectivity index (χ4n) is 4.16. The normalized spacial score (nSPS) is 16.6. The minimum absolute atomic E-state index is 0.142. The number of aromatic nitrogens is 5. The van der Waals surface area contributed by atoms with Crippen LogP contribution in [0, 0.1) is 17.5 Å². The maximum absolute atomic E-state index is 14.1. The third-order valence-corrected chi connectivity index (χ3v) is 5.63. The summed E-state index contributed by atoms with van der Waals surface area (Å²) in [7, 11) is 1.99. The highest BCUT2D eigenvalue weighted by molar-refractivity contribution is 5.29. The fraction of sp³-hybridized carbons (Fsp3) is 0.476. The molecule has 1 aliphatic carbocycles. The maximum Gasteiger partial charge on any atom is 0.192 e. The van der Waals surface area contributed by atoms with Crippen LogP contribution in [-0.4, -0.2) is 24.3 Å². The second-order valence-corrected chi connectivity index (χ2v) is 8.13. The Bertz CT molecular complexity index is 1070. The standard InChI is InChI=1S/C21H24F3N5O/c1-5-29-19(12-6-7-17-16(8-12)25-11-28(17)4)26-27-20(29)21(2,3)30-18-14(23)9-13(22)10-15(18)24/h9-12H,5-8H2,1-4H3. The molecule has 160 valence electrons. The quantitative estimate of drug-likeness (QED) is 0.627. The van der Waals surface area contributed by atoms with Gasteiger partial charge in [0.25, 0.3) is 0 Å². The van der Waals surface area contributed by atoms with Crippen molar-refractivity contribution in [3.05, 3.63) is 58.9 Å². The zero-order chi connectivity index (χ0) is 21.6. The second-order valence-electron chi connectivity index (χ2n) is 8.13. The van der Waals surface area contributed by atoms with Crippen molar-refractivity contribution in [1.29, 1.82) is 0 Å². The molecule has 1 aromatic carbocycles. The first-order chi connectivity index (χ1) is 14.2. The van der Waals surface area contributed by atoms with E-state index in [-0.39, 0.29) is 5.92 Å². The van der Waals surface area contributed by atoms with Gasteiger partial charge in [0, 0.05) is 43.8 Å². The van der Waals surface area contributed by atoms with Crippen LogP contribution >= 0.6 is 0 Å². The van der Waals surface area contributed by atoms with Gasteiger partial charge in [-0.15, -0.1) is 10.2 Å². The van der Waals surface area contributed by atoms with Crippen LogP contribution < -0.4 is 4.74 Å². The first kappa shape index (κ1) is 20.4. The lowest BCUT2D eigenvalue weighted by atomic mass is 9.89. The molecule has 2 heterocycles. The summed E-state index contributed by atoms with van der Waals surface area (Å²) in [6.45, 7) is 5.85. The van der Waals surface area contributed by atoms with E-state index in [1.54, 1.807) is 13.8 Å². The number of hydrogen-bond acceptors (Lipinski definition) is 4. The van der Waals surface area contributed by atoms with E-state index in [1.165, 1.54) is 5.69 Å². The Kier molecular flexibility index (Phi) is 5.07. The first-order valence-corrected chi connectivity index (χ1v) is 9.97. The Morgan fingerprint density at radius 2 is 1.87 bits per heavy atom. The molecule has 3 aromatic rings. The summed E-state index contributed by atoms with van der Waals surface area (Å²) in [5.74, 6) is -2.43. The van der Waals surface area contributed by atoms with E-state index < -0.39 is 28.8 Å². The molecule has 6 nitrogen and oxygen atoms in total. The van der Waals surface area contributed by atoms with Crippen molar-refractivity contribution < 1.29 is 17.9 Å². The zero-order valence-electron chi connectivity index (χ0n) is 17.4. The predicted molar refractivity (Wildman–Crippen MR) is 104 cm³/mol. The van der Waals surface area contributed by atoms with Gasteiger partial charge in [-0.3, -0.25) is 0 Å². The number of benzene rings is 1. The van der Waals surface area contributed by atoms with E-state index in [1.807, 2.05) is 29.4 Å². The average Bonchev–Trinajstić information content (AvgIpc) is 3.28. The van der Waals surface area contributed by atoms with Crippen LogP contribution in [0.4, 0.5) is 13.2 Å². The summed E-state index contributed by atoms with van der Waals surface area (Å²) < 4.78 is 51.1. The molecule has 0 bridgehead atoms. The molecule has 0 aliphatic heterocycles. The van der Waals surface area contributed by atoms with Gasteiger partial charge in [0.05, 0.1) is 12.0 Å². The van der Waals surface area contributed by atoms with E-state index in [2.05, 4.69) is 15.2 Å². The number of hydrogen-bond donors (Lipinski definition) is 0. The Hall–Kier alpha value is -2.84. The summed E-state index contributed by atoms with van der Waals surface area (Å²) in [4.78, 5) is 4.49. The van der Waals surface area contributed by atoms with Gasteiger partial charge in [0.15, 0.2) is 28.8 Å². The van der Waals surface area contributed by atoms with Crippen LogP contribution in [0.25, 0.3) is 0 Å². The number of aryl methyl sites for hydroxylation is 1. The molecule has 0 fully saturated rings. The number of fused-ring (bicyclic) bond motifs is 1. The summed E-state index contributed by atoms with van der Waals surface area (Å²) in [6, 6.07) is 1.19. The maximum atomic E-state index is 14.1. The molecule has 0 saturated heterocycles. The Balaban J connectivity index is 1.65. The van der Waals surface area contributed by atoms with Crippen LogP contribution in [0.15, 0.2) is 18.5 Å². The molecule has 30 heavy (non-hydrogen) atoms. The summed E-state index contributed by atoms with van der Waals surface area (Å²) >= 11 is 0. The third kappa shape index (κ3) is 3.46. The van der Waals surface area contributed by atoms with Crippen molar-refractivity contribution in [2.24, 2.45) is 7.05 Å². The molecule has 0 saturated carbocycles. The topological polar surface area (TPSA) is 57.8 Å². The minimum Gasteiger partial charge on any atom is -0.474 e. The Morgan fingerprint density at radius 3 is 2.53 bits per heavy atom. The van der Waals surface area contributed by atoms with Gasteiger partial charge >= 0.3 is 0 Å². The van der Waals surface area contributed by atoms with Crippen molar-refractivity contribution in [3.63, 3.8) is 0 Å². The van der Waals surface area contributed by atoms with Crippen molar-refractivity contribution >= 4 is 0 Å². The molecule has 2 aromatic heterocycles. The van der Waals surface area contributed by atoms with E-state index in [9.17, 15) is 13.2 Å². The van der Waals surface area contributed by atoms with Gasteiger partial charge in [0.2, 0.25) is 0 Å². The number of halogens is 3. The fourth-order valence-corrected chi connectivity index (χ4v) is 4.16. The lowest BCUT2D eigenvalue weighted by Gasteiger charge is -2.28. The van der Waals surface area contributed by atoms with Gasteiger partial charge in [-0.1, -0.05) is 0 Å². The van der Waals surface area contributed by atoms with E-state index in [0.29, 0.717) is 24.5 Å². The first-order valence-electron chi connectivity index (χ1n) is 9.97. The van der Waals surface area contributed by atoms with Crippen molar-refractivity contribution in [1.82, 2.24) is 24.3 Å². The van der Waals surface area contributed by atoms with Crippen LogP contribution in [0.3, 0.4) is 0 Å². The highest BCUT2D eigenvalue weighted by atomic mass is 19.1. The molecule has 4 rings (SSSR count). The predicted octanol–water partition coefficient (Wildman–Crippen LogP) is 4.04. The van der Waals surface area contributed by atoms with Crippen LogP contribution in [0.5, 0.6) is 5.75 Å². The lowest BCUT2D eigenvalue weighted by molar-refractivity contribution is 0.0820. The molecule has 1 unspecified atom stereocenters. The molecule has 0 amide bonds. The molecular weight excluding hydrogens is 395 g/mol. The minimum atomic E-state index is -1.19.